The molecule has 3 aromatic rings. The molecule has 0 atom stereocenters. The topological polar surface area (TPSA) is 64.4 Å². The molecule has 0 aliphatic rings. The predicted octanol–water partition coefficient (Wildman–Crippen LogP) is 3.84. The van der Waals surface area contributed by atoms with Gasteiger partial charge in [-0.05, 0) is 30.3 Å². The highest BCUT2D eigenvalue weighted by atomic mass is 35.5. The molecule has 29 heavy (non-hydrogen) atoms. The van der Waals surface area contributed by atoms with Crippen LogP contribution < -0.4 is 0 Å². The Bertz CT molecular complexity index is 1030. The summed E-state index contributed by atoms with van der Waals surface area (Å²) in [5.41, 5.74) is 3.17. The van der Waals surface area contributed by atoms with Gasteiger partial charge in [0.05, 0.1) is 11.4 Å². The number of nitrogens with zero attached hydrogens (tertiary/aromatic N) is 3. The van der Waals surface area contributed by atoms with Crippen molar-refractivity contribution in [3.8, 4) is 16.9 Å². The van der Waals surface area contributed by atoms with E-state index in [0.717, 1.165) is 16.8 Å². The molecule has 0 aliphatic carbocycles. The van der Waals surface area contributed by atoms with Gasteiger partial charge in [-0.15, -0.1) is 0 Å². The van der Waals surface area contributed by atoms with Crippen LogP contribution in [0.3, 0.4) is 0 Å². The molecule has 0 saturated carbocycles. The van der Waals surface area contributed by atoms with Crippen molar-refractivity contribution >= 4 is 29.6 Å². The number of esters is 1. The number of carbonyl (C=O) groups excluding carboxylic acids is 2. The zero-order valence-corrected chi connectivity index (χ0v) is 16.8. The first-order chi connectivity index (χ1) is 13.9. The van der Waals surface area contributed by atoms with Crippen molar-refractivity contribution in [2.75, 3.05) is 20.7 Å². The fourth-order valence-electron chi connectivity index (χ4n) is 2.52. The van der Waals surface area contributed by atoms with Crippen LogP contribution in [0, 0.1) is 0 Å². The van der Waals surface area contributed by atoms with Crippen molar-refractivity contribution in [3.63, 3.8) is 0 Å². The molecular weight excluding hydrogens is 390 g/mol. The van der Waals surface area contributed by atoms with E-state index in [2.05, 4.69) is 5.10 Å². The molecule has 0 fully saturated rings. The number of aromatic nitrogens is 2. The van der Waals surface area contributed by atoms with Crippen molar-refractivity contribution in [1.82, 2.24) is 14.7 Å². The standard InChI is InChI=1S/C22H20ClN3O3/c1-25(2)20(27)15-29-21(28)13-10-17-14-26(19-6-4-3-5-7-19)24-22(17)16-8-11-18(23)12-9-16/h3-14H,15H2,1-2H3/b13-10+. The van der Waals surface area contributed by atoms with Gasteiger partial charge in [0.1, 0.15) is 0 Å². The first-order valence-corrected chi connectivity index (χ1v) is 9.28. The third-order valence-corrected chi connectivity index (χ3v) is 4.37. The van der Waals surface area contributed by atoms with Crippen molar-refractivity contribution in [2.24, 2.45) is 0 Å². The molecule has 2 aromatic carbocycles. The van der Waals surface area contributed by atoms with Crippen molar-refractivity contribution < 1.29 is 14.3 Å². The monoisotopic (exact) mass is 409 g/mol. The second-order valence-corrected chi connectivity index (χ2v) is 6.89. The fraction of sp³-hybridized carbons (Fsp3) is 0.136. The fourth-order valence-corrected chi connectivity index (χ4v) is 2.65. The van der Waals surface area contributed by atoms with E-state index in [1.54, 1.807) is 37.0 Å². The summed E-state index contributed by atoms with van der Waals surface area (Å²) in [5.74, 6) is -0.889. The Morgan fingerprint density at radius 1 is 1.10 bits per heavy atom. The van der Waals surface area contributed by atoms with Gasteiger partial charge in [-0.2, -0.15) is 5.10 Å². The Morgan fingerprint density at radius 3 is 2.45 bits per heavy atom. The number of hydrogen-bond acceptors (Lipinski definition) is 4. The first-order valence-electron chi connectivity index (χ1n) is 8.90. The molecule has 0 saturated heterocycles. The summed E-state index contributed by atoms with van der Waals surface area (Å²) in [4.78, 5) is 24.9. The molecule has 1 heterocycles. The molecule has 7 heteroatoms. The lowest BCUT2D eigenvalue weighted by Gasteiger charge is -2.09. The smallest absolute Gasteiger partial charge is 0.331 e. The molecule has 0 N–H and O–H groups in total. The summed E-state index contributed by atoms with van der Waals surface area (Å²) in [5, 5.41) is 5.29. The average molecular weight is 410 g/mol. The van der Waals surface area contributed by atoms with Gasteiger partial charge in [0.2, 0.25) is 0 Å². The van der Waals surface area contributed by atoms with Crippen LogP contribution in [0.15, 0.2) is 66.9 Å². The Labute approximate surface area is 174 Å². The zero-order valence-electron chi connectivity index (χ0n) is 16.1. The van der Waals surface area contributed by atoms with Gasteiger partial charge in [0.25, 0.3) is 5.91 Å². The lowest BCUT2D eigenvalue weighted by Crippen LogP contribution is -2.27. The number of benzene rings is 2. The Hall–Kier alpha value is -3.38. The van der Waals surface area contributed by atoms with E-state index >= 15 is 0 Å². The van der Waals surface area contributed by atoms with E-state index in [0.29, 0.717) is 10.7 Å². The maximum Gasteiger partial charge on any atom is 0.331 e. The maximum absolute atomic E-state index is 12.0. The Morgan fingerprint density at radius 2 is 1.79 bits per heavy atom. The number of hydrogen-bond donors (Lipinski definition) is 0. The summed E-state index contributed by atoms with van der Waals surface area (Å²) in [6.07, 6.45) is 4.74. The van der Waals surface area contributed by atoms with Crippen LogP contribution in [0.4, 0.5) is 0 Å². The number of para-hydroxylation sites is 1. The molecule has 3 rings (SSSR count). The molecule has 0 unspecified atom stereocenters. The Kier molecular flexibility index (Phi) is 6.46. The average Bonchev–Trinajstić information content (AvgIpc) is 3.16. The van der Waals surface area contributed by atoms with Crippen molar-refractivity contribution in [3.05, 3.63) is 77.5 Å². The van der Waals surface area contributed by atoms with Gasteiger partial charge >= 0.3 is 5.97 Å². The lowest BCUT2D eigenvalue weighted by atomic mass is 10.1. The number of carbonyl (C=O) groups is 2. The minimum absolute atomic E-state index is 0.287. The zero-order chi connectivity index (χ0) is 20.8. The highest BCUT2D eigenvalue weighted by Crippen LogP contribution is 2.26. The van der Waals surface area contributed by atoms with E-state index in [1.807, 2.05) is 48.7 Å². The largest absolute Gasteiger partial charge is 0.452 e. The second-order valence-electron chi connectivity index (χ2n) is 6.45. The van der Waals surface area contributed by atoms with E-state index in [-0.39, 0.29) is 12.5 Å². The minimum atomic E-state index is -0.602. The molecule has 148 valence electrons. The highest BCUT2D eigenvalue weighted by molar-refractivity contribution is 6.30. The minimum Gasteiger partial charge on any atom is -0.452 e. The van der Waals surface area contributed by atoms with Crippen LogP contribution in [0.5, 0.6) is 0 Å². The summed E-state index contributed by atoms with van der Waals surface area (Å²) in [6.45, 7) is -0.302. The summed E-state index contributed by atoms with van der Waals surface area (Å²) >= 11 is 5.99. The van der Waals surface area contributed by atoms with Crippen LogP contribution >= 0.6 is 11.6 Å². The number of ether oxygens (including phenoxy) is 1. The van der Waals surface area contributed by atoms with Gasteiger partial charge in [-0.25, -0.2) is 9.48 Å². The van der Waals surface area contributed by atoms with Crippen LogP contribution in [0.1, 0.15) is 5.56 Å². The molecular formula is C22H20ClN3O3. The molecule has 1 aromatic heterocycles. The summed E-state index contributed by atoms with van der Waals surface area (Å²) < 4.78 is 6.72. The number of amides is 1. The number of rotatable bonds is 6. The molecule has 0 bridgehead atoms. The third-order valence-electron chi connectivity index (χ3n) is 4.12. The van der Waals surface area contributed by atoms with Crippen LogP contribution in [-0.2, 0) is 14.3 Å². The molecule has 1 amide bonds. The van der Waals surface area contributed by atoms with E-state index in [9.17, 15) is 9.59 Å². The van der Waals surface area contributed by atoms with Gasteiger partial charge in [0.15, 0.2) is 6.61 Å². The maximum atomic E-state index is 12.0. The molecule has 0 aliphatic heterocycles. The normalized spacial score (nSPS) is 10.9. The lowest BCUT2D eigenvalue weighted by molar-refractivity contribution is -0.146. The van der Waals surface area contributed by atoms with E-state index in [4.69, 9.17) is 16.3 Å². The van der Waals surface area contributed by atoms with Gasteiger partial charge in [0, 0.05) is 42.5 Å². The van der Waals surface area contributed by atoms with Crippen molar-refractivity contribution in [1.29, 1.82) is 0 Å². The predicted molar refractivity (Wildman–Crippen MR) is 113 cm³/mol. The van der Waals surface area contributed by atoms with Crippen molar-refractivity contribution in [2.45, 2.75) is 0 Å². The van der Waals surface area contributed by atoms with Crippen LogP contribution in [-0.4, -0.2) is 47.3 Å². The Balaban J connectivity index is 1.88. The van der Waals surface area contributed by atoms with Crippen LogP contribution in [0.25, 0.3) is 23.0 Å². The number of halogens is 1. The molecule has 0 spiro atoms. The van der Waals surface area contributed by atoms with Gasteiger partial charge in [-0.3, -0.25) is 4.79 Å². The highest BCUT2D eigenvalue weighted by Gasteiger charge is 2.12. The second kappa shape index (κ2) is 9.21. The quantitative estimate of drug-likeness (QED) is 0.458. The van der Waals surface area contributed by atoms with Gasteiger partial charge < -0.3 is 9.64 Å². The van der Waals surface area contributed by atoms with E-state index < -0.39 is 5.97 Å². The third kappa shape index (κ3) is 5.33. The molecule has 6 nitrogen and oxygen atoms in total. The molecule has 0 radical (unpaired) electrons. The first kappa shape index (κ1) is 20.4. The summed E-state index contributed by atoms with van der Waals surface area (Å²) in [7, 11) is 3.20. The summed E-state index contributed by atoms with van der Waals surface area (Å²) in [6, 6.07) is 17.0. The van der Waals surface area contributed by atoms with Crippen LogP contribution in [0.2, 0.25) is 5.02 Å². The van der Waals surface area contributed by atoms with Gasteiger partial charge in [-0.1, -0.05) is 41.9 Å². The van der Waals surface area contributed by atoms with E-state index in [1.165, 1.54) is 11.0 Å². The number of likely N-dealkylation sites (N-methyl/N-ethyl adjacent to an activating group) is 1. The SMILES string of the molecule is CN(C)C(=O)COC(=O)/C=C/c1cn(-c2ccccc2)nc1-c1ccc(Cl)cc1.